The van der Waals surface area contributed by atoms with Gasteiger partial charge in [-0.3, -0.25) is 0 Å². The maximum absolute atomic E-state index is 8.58. The molecule has 0 saturated carbocycles. The third-order valence-corrected chi connectivity index (χ3v) is 3.48. The Hall–Kier alpha value is -1.94. The van der Waals surface area contributed by atoms with Gasteiger partial charge in [0.2, 0.25) is 0 Å². The van der Waals surface area contributed by atoms with Gasteiger partial charge in [-0.05, 0) is 31.2 Å². The number of oxime groups is 1. The number of aryl methyl sites for hydroxylation is 1. The van der Waals surface area contributed by atoms with Crippen molar-refractivity contribution in [3.05, 3.63) is 59.7 Å². The molecule has 0 radical (unpaired) electrons. The summed E-state index contributed by atoms with van der Waals surface area (Å²) in [5, 5.41) is 11.6. The Morgan fingerprint density at radius 1 is 1.11 bits per heavy atom. The molecule has 2 aromatic carbocycles. The van der Waals surface area contributed by atoms with Crippen molar-refractivity contribution < 1.29 is 5.21 Å². The molecule has 92 valence electrons. The number of benzene rings is 2. The van der Waals surface area contributed by atoms with Crippen LogP contribution < -0.4 is 5.73 Å². The molecule has 0 unspecified atom stereocenters. The highest BCUT2D eigenvalue weighted by atomic mass is 32.2. The van der Waals surface area contributed by atoms with Gasteiger partial charge in [-0.15, -0.1) is 0 Å². The monoisotopic (exact) mass is 258 g/mol. The van der Waals surface area contributed by atoms with Crippen LogP contribution in [0.25, 0.3) is 0 Å². The lowest BCUT2D eigenvalue weighted by atomic mass is 10.2. The van der Waals surface area contributed by atoms with Gasteiger partial charge in [0.1, 0.15) is 0 Å². The first-order valence-electron chi connectivity index (χ1n) is 5.51. The maximum atomic E-state index is 8.58. The SMILES string of the molecule is Cc1cccc(Sc2ccc(C(N)=NO)cc2)c1. The summed E-state index contributed by atoms with van der Waals surface area (Å²) in [4.78, 5) is 2.32. The lowest BCUT2D eigenvalue weighted by Crippen LogP contribution is -2.12. The van der Waals surface area contributed by atoms with E-state index in [1.54, 1.807) is 11.8 Å². The van der Waals surface area contributed by atoms with Crippen LogP contribution in [-0.4, -0.2) is 11.0 Å². The highest BCUT2D eigenvalue weighted by Crippen LogP contribution is 2.28. The number of rotatable bonds is 3. The fourth-order valence-corrected chi connectivity index (χ4v) is 2.50. The van der Waals surface area contributed by atoms with Crippen LogP contribution in [0.1, 0.15) is 11.1 Å². The van der Waals surface area contributed by atoms with Crippen LogP contribution in [0.2, 0.25) is 0 Å². The normalized spacial score (nSPS) is 11.5. The molecule has 3 N–H and O–H groups in total. The fourth-order valence-electron chi connectivity index (χ4n) is 1.57. The molecule has 0 aliphatic carbocycles. The molecule has 2 rings (SSSR count). The first-order valence-corrected chi connectivity index (χ1v) is 6.33. The molecular weight excluding hydrogens is 244 g/mol. The Kier molecular flexibility index (Phi) is 3.89. The van der Waals surface area contributed by atoms with Crippen LogP contribution in [0.5, 0.6) is 0 Å². The first kappa shape index (κ1) is 12.5. The summed E-state index contributed by atoms with van der Waals surface area (Å²) in [6.07, 6.45) is 0. The van der Waals surface area contributed by atoms with Gasteiger partial charge in [0.05, 0.1) is 0 Å². The molecule has 0 atom stereocenters. The largest absolute Gasteiger partial charge is 0.409 e. The van der Waals surface area contributed by atoms with Gasteiger partial charge in [0, 0.05) is 15.4 Å². The lowest BCUT2D eigenvalue weighted by Gasteiger charge is -2.04. The zero-order chi connectivity index (χ0) is 13.0. The molecule has 0 bridgehead atoms. The minimum atomic E-state index is 0.127. The molecule has 2 aromatic rings. The molecule has 0 amide bonds. The predicted molar refractivity (Wildman–Crippen MR) is 74.3 cm³/mol. The predicted octanol–water partition coefficient (Wildman–Crippen LogP) is 3.24. The number of hydrogen-bond acceptors (Lipinski definition) is 3. The summed E-state index contributed by atoms with van der Waals surface area (Å²) in [5.74, 6) is 0.127. The fraction of sp³-hybridized carbons (Fsp3) is 0.0714. The van der Waals surface area contributed by atoms with Crippen molar-refractivity contribution in [2.75, 3.05) is 0 Å². The van der Waals surface area contributed by atoms with Crippen molar-refractivity contribution in [2.45, 2.75) is 16.7 Å². The van der Waals surface area contributed by atoms with Crippen molar-refractivity contribution in [3.63, 3.8) is 0 Å². The van der Waals surface area contributed by atoms with E-state index in [0.29, 0.717) is 5.56 Å². The van der Waals surface area contributed by atoms with Crippen LogP contribution in [0.3, 0.4) is 0 Å². The van der Waals surface area contributed by atoms with Gasteiger partial charge < -0.3 is 10.9 Å². The van der Waals surface area contributed by atoms with Gasteiger partial charge in [-0.1, -0.05) is 46.7 Å². The Balaban J connectivity index is 2.16. The summed E-state index contributed by atoms with van der Waals surface area (Å²) in [6, 6.07) is 15.9. The van der Waals surface area contributed by atoms with Crippen LogP contribution in [0, 0.1) is 6.92 Å². The van der Waals surface area contributed by atoms with E-state index in [-0.39, 0.29) is 5.84 Å². The zero-order valence-electron chi connectivity index (χ0n) is 10.00. The molecule has 0 fully saturated rings. The standard InChI is InChI=1S/C14H14N2OS/c1-10-3-2-4-13(9-10)18-12-7-5-11(6-8-12)14(15)16-17/h2-9,17H,1H3,(H2,15,16). The lowest BCUT2D eigenvalue weighted by molar-refractivity contribution is 0.318. The summed E-state index contributed by atoms with van der Waals surface area (Å²) in [7, 11) is 0. The summed E-state index contributed by atoms with van der Waals surface area (Å²) in [6.45, 7) is 2.07. The molecule has 0 aliphatic rings. The quantitative estimate of drug-likeness (QED) is 0.384. The second kappa shape index (κ2) is 5.60. The van der Waals surface area contributed by atoms with E-state index < -0.39 is 0 Å². The van der Waals surface area contributed by atoms with Gasteiger partial charge in [0.25, 0.3) is 0 Å². The number of nitrogens with two attached hydrogens (primary N) is 1. The van der Waals surface area contributed by atoms with Crippen molar-refractivity contribution in [3.8, 4) is 0 Å². The molecule has 0 aliphatic heterocycles. The zero-order valence-corrected chi connectivity index (χ0v) is 10.8. The average Bonchev–Trinajstić information content (AvgIpc) is 2.39. The molecule has 0 heterocycles. The van der Waals surface area contributed by atoms with Crippen molar-refractivity contribution in [1.82, 2.24) is 0 Å². The smallest absolute Gasteiger partial charge is 0.170 e. The first-order chi connectivity index (χ1) is 8.69. The summed E-state index contributed by atoms with van der Waals surface area (Å²) < 4.78 is 0. The topological polar surface area (TPSA) is 58.6 Å². The maximum Gasteiger partial charge on any atom is 0.170 e. The van der Waals surface area contributed by atoms with Crippen LogP contribution >= 0.6 is 11.8 Å². The van der Waals surface area contributed by atoms with Crippen molar-refractivity contribution in [2.24, 2.45) is 10.9 Å². The van der Waals surface area contributed by atoms with Gasteiger partial charge in [-0.25, -0.2) is 0 Å². The van der Waals surface area contributed by atoms with Crippen molar-refractivity contribution >= 4 is 17.6 Å². The van der Waals surface area contributed by atoms with Crippen LogP contribution in [0.15, 0.2) is 63.5 Å². The average molecular weight is 258 g/mol. The minimum Gasteiger partial charge on any atom is -0.409 e. The van der Waals surface area contributed by atoms with Crippen molar-refractivity contribution in [1.29, 1.82) is 0 Å². The minimum absolute atomic E-state index is 0.127. The van der Waals surface area contributed by atoms with E-state index in [0.717, 1.165) is 4.90 Å². The van der Waals surface area contributed by atoms with E-state index in [1.165, 1.54) is 10.5 Å². The second-order valence-corrected chi connectivity index (χ2v) is 5.08. The van der Waals surface area contributed by atoms with Gasteiger partial charge in [-0.2, -0.15) is 0 Å². The third-order valence-electron chi connectivity index (χ3n) is 2.48. The summed E-state index contributed by atoms with van der Waals surface area (Å²) in [5.41, 5.74) is 7.47. The van der Waals surface area contributed by atoms with Crippen LogP contribution in [0.4, 0.5) is 0 Å². The number of nitrogens with zero attached hydrogens (tertiary/aromatic N) is 1. The van der Waals surface area contributed by atoms with E-state index >= 15 is 0 Å². The molecule has 3 nitrogen and oxygen atoms in total. The molecule has 0 saturated heterocycles. The summed E-state index contributed by atoms with van der Waals surface area (Å²) >= 11 is 1.69. The second-order valence-electron chi connectivity index (χ2n) is 3.93. The molecule has 0 aromatic heterocycles. The molecule has 0 spiro atoms. The van der Waals surface area contributed by atoms with Crippen LogP contribution in [-0.2, 0) is 0 Å². The van der Waals surface area contributed by atoms with Gasteiger partial charge >= 0.3 is 0 Å². The van der Waals surface area contributed by atoms with E-state index in [4.69, 9.17) is 10.9 Å². The molecule has 4 heteroatoms. The third kappa shape index (κ3) is 3.05. The Labute approximate surface area is 110 Å². The molecule has 18 heavy (non-hydrogen) atoms. The Morgan fingerprint density at radius 2 is 1.83 bits per heavy atom. The Morgan fingerprint density at radius 3 is 2.44 bits per heavy atom. The number of hydrogen-bond donors (Lipinski definition) is 2. The van der Waals surface area contributed by atoms with E-state index in [1.807, 2.05) is 30.3 Å². The highest BCUT2D eigenvalue weighted by molar-refractivity contribution is 7.99. The van der Waals surface area contributed by atoms with E-state index in [2.05, 4.69) is 30.3 Å². The number of amidine groups is 1. The molecular formula is C14H14N2OS. The highest BCUT2D eigenvalue weighted by Gasteiger charge is 2.01. The van der Waals surface area contributed by atoms with E-state index in [9.17, 15) is 0 Å². The Bertz CT molecular complexity index is 564. The van der Waals surface area contributed by atoms with Gasteiger partial charge in [0.15, 0.2) is 5.84 Å².